The van der Waals surface area contributed by atoms with Crippen LogP contribution < -0.4 is 30.8 Å². The molecule has 57 heavy (non-hydrogen) atoms. The van der Waals surface area contributed by atoms with Crippen LogP contribution in [0.25, 0.3) is 22.3 Å². The summed E-state index contributed by atoms with van der Waals surface area (Å²) in [5.74, 6) is 0.0442. The standard InChI is InChI=1S/C39H41N5O12.CH4/c1-3-43(39(50)52-18-22-7-8-32(29(11-22)41-35(48)9-10-40)56-36-6-4-5-23(17-45)55-36)15-25-24-12-33-34(54-20-53-33)13-28(24)42-37-26(25)16-44-30(37)14-31(47)27(38(44)49)19-51-21(2)46;/h7-8,11-14,17,23,36,47H,3-6,9-10,15-16,18-20,40H2,1-2H3,(H,41,48);1H4. The van der Waals surface area contributed by atoms with Gasteiger partial charge in [-0.05, 0) is 49.1 Å². The number of anilines is 1. The highest BCUT2D eigenvalue weighted by molar-refractivity contribution is 5.93. The third-order valence-electron chi connectivity index (χ3n) is 9.76. The number of esters is 1. The van der Waals surface area contributed by atoms with Gasteiger partial charge in [0.2, 0.25) is 19.0 Å². The quantitative estimate of drug-likeness (QED) is 0.111. The lowest BCUT2D eigenvalue weighted by Crippen LogP contribution is -2.32. The molecule has 0 aliphatic carbocycles. The maximum absolute atomic E-state index is 13.8. The van der Waals surface area contributed by atoms with Crippen LogP contribution in [0.5, 0.6) is 23.0 Å². The van der Waals surface area contributed by atoms with E-state index in [4.69, 9.17) is 39.1 Å². The molecule has 4 N–H and O–H groups in total. The maximum atomic E-state index is 13.8. The van der Waals surface area contributed by atoms with Crippen LogP contribution in [-0.2, 0) is 54.9 Å². The zero-order chi connectivity index (χ0) is 39.5. The summed E-state index contributed by atoms with van der Waals surface area (Å²) in [5, 5.41) is 14.3. The summed E-state index contributed by atoms with van der Waals surface area (Å²) in [5.41, 5.74) is 8.52. The van der Waals surface area contributed by atoms with Gasteiger partial charge in [0.05, 0.1) is 41.2 Å². The van der Waals surface area contributed by atoms with E-state index in [1.807, 2.05) is 0 Å². The van der Waals surface area contributed by atoms with Gasteiger partial charge in [-0.15, -0.1) is 0 Å². The summed E-state index contributed by atoms with van der Waals surface area (Å²) in [6.45, 7) is 3.02. The van der Waals surface area contributed by atoms with E-state index in [2.05, 4.69) is 5.32 Å². The fraction of sp³-hybridized carbons (Fsp3) is 0.400. The Kier molecular flexibility index (Phi) is 12.3. The number of hydrogen-bond acceptors (Lipinski definition) is 14. The minimum atomic E-state index is -0.684. The summed E-state index contributed by atoms with van der Waals surface area (Å²) < 4.78 is 35.3. The molecule has 7 rings (SSSR count). The second-order valence-electron chi connectivity index (χ2n) is 13.5. The summed E-state index contributed by atoms with van der Waals surface area (Å²) in [6, 6.07) is 9.91. The average Bonchev–Trinajstić information content (AvgIpc) is 3.80. The van der Waals surface area contributed by atoms with E-state index in [0.29, 0.717) is 74.8 Å². The number of nitrogens with zero attached hydrogens (tertiary/aromatic N) is 3. The first kappa shape index (κ1) is 40.5. The lowest BCUT2D eigenvalue weighted by atomic mass is 9.99. The van der Waals surface area contributed by atoms with E-state index in [0.717, 1.165) is 12.7 Å². The first-order chi connectivity index (χ1) is 27.1. The van der Waals surface area contributed by atoms with Gasteiger partial charge in [0, 0.05) is 55.9 Å². The van der Waals surface area contributed by atoms with Gasteiger partial charge in [-0.25, -0.2) is 9.78 Å². The summed E-state index contributed by atoms with van der Waals surface area (Å²) in [6.07, 6.45) is 0.830. The predicted molar refractivity (Wildman–Crippen MR) is 205 cm³/mol. The van der Waals surface area contributed by atoms with Crippen molar-refractivity contribution in [1.29, 1.82) is 0 Å². The number of amides is 2. The molecule has 1 fully saturated rings. The van der Waals surface area contributed by atoms with Crippen LogP contribution in [0.2, 0.25) is 0 Å². The van der Waals surface area contributed by atoms with E-state index in [1.165, 1.54) is 22.5 Å². The SMILES string of the molecule is C.CCN(Cc1c2c(nc3cc4c(cc13)OCO4)-c1cc(O)c(COC(C)=O)c(=O)n1C2)C(=O)OCc1ccc(OC2CCCC(C=O)O2)c(NC(=O)CCN)c1. The Morgan fingerprint density at radius 2 is 1.88 bits per heavy atom. The van der Waals surface area contributed by atoms with E-state index in [9.17, 15) is 29.1 Å². The van der Waals surface area contributed by atoms with Crippen molar-refractivity contribution >= 4 is 40.8 Å². The van der Waals surface area contributed by atoms with Crippen LogP contribution in [0, 0.1) is 0 Å². The van der Waals surface area contributed by atoms with Gasteiger partial charge in [-0.2, -0.15) is 0 Å². The Morgan fingerprint density at radius 3 is 2.61 bits per heavy atom. The van der Waals surface area contributed by atoms with Gasteiger partial charge >= 0.3 is 12.1 Å². The molecule has 17 heteroatoms. The number of aldehydes is 1. The molecule has 3 aliphatic heterocycles. The molecule has 4 aromatic rings. The average molecular weight is 788 g/mol. The van der Waals surface area contributed by atoms with Gasteiger partial charge in [0.25, 0.3) is 5.56 Å². The predicted octanol–water partition coefficient (Wildman–Crippen LogP) is 4.48. The van der Waals surface area contributed by atoms with Crippen LogP contribution in [0.3, 0.4) is 0 Å². The molecular formula is C40H45N5O12. The van der Waals surface area contributed by atoms with Gasteiger partial charge in [0.15, 0.2) is 11.5 Å². The van der Waals surface area contributed by atoms with Crippen molar-refractivity contribution in [3.05, 3.63) is 69.0 Å². The van der Waals surface area contributed by atoms with Gasteiger partial charge in [-0.1, -0.05) is 13.5 Å². The molecule has 2 aromatic heterocycles. The van der Waals surface area contributed by atoms with Crippen molar-refractivity contribution in [2.75, 3.05) is 25.2 Å². The topological polar surface area (TPSA) is 220 Å². The van der Waals surface area contributed by atoms with Crippen LogP contribution in [0.1, 0.15) is 69.2 Å². The fourth-order valence-electron chi connectivity index (χ4n) is 6.91. The number of nitrogens with one attached hydrogen (secondary N) is 1. The van der Waals surface area contributed by atoms with E-state index >= 15 is 0 Å². The third-order valence-corrected chi connectivity index (χ3v) is 9.76. The third kappa shape index (κ3) is 8.49. The van der Waals surface area contributed by atoms with Crippen molar-refractivity contribution in [2.45, 2.75) is 85.7 Å². The summed E-state index contributed by atoms with van der Waals surface area (Å²) in [7, 11) is 0. The van der Waals surface area contributed by atoms with Gasteiger partial charge < -0.3 is 58.8 Å². The van der Waals surface area contributed by atoms with Crippen molar-refractivity contribution in [3.8, 4) is 34.4 Å². The lowest BCUT2D eigenvalue weighted by Gasteiger charge is -2.28. The Balaban J connectivity index is 0.00000549. The molecule has 2 amide bonds. The van der Waals surface area contributed by atoms with Crippen molar-refractivity contribution in [3.63, 3.8) is 0 Å². The van der Waals surface area contributed by atoms with E-state index < -0.39 is 36.6 Å². The number of ether oxygens (including phenoxy) is 6. The molecule has 0 spiro atoms. The maximum Gasteiger partial charge on any atom is 0.410 e. The smallest absolute Gasteiger partial charge is 0.410 e. The molecule has 5 heterocycles. The van der Waals surface area contributed by atoms with Crippen LogP contribution in [0.4, 0.5) is 10.5 Å². The number of rotatable bonds is 13. The number of carbonyl (C=O) groups is 4. The number of pyridine rings is 2. The van der Waals surface area contributed by atoms with E-state index in [1.54, 1.807) is 37.3 Å². The van der Waals surface area contributed by atoms with E-state index in [-0.39, 0.29) is 70.6 Å². The van der Waals surface area contributed by atoms with Gasteiger partial charge in [-0.3, -0.25) is 14.4 Å². The molecule has 302 valence electrons. The van der Waals surface area contributed by atoms with Crippen LogP contribution in [0.15, 0.2) is 41.2 Å². The first-order valence-electron chi connectivity index (χ1n) is 18.2. The van der Waals surface area contributed by atoms with Crippen molar-refractivity contribution in [1.82, 2.24) is 14.5 Å². The summed E-state index contributed by atoms with van der Waals surface area (Å²) >= 11 is 0. The fourth-order valence-corrected chi connectivity index (χ4v) is 6.91. The molecular weight excluding hydrogens is 742 g/mol. The molecule has 0 saturated carbocycles. The monoisotopic (exact) mass is 787 g/mol. The number of nitrogens with two attached hydrogens (primary N) is 1. The number of aromatic hydroxyl groups is 1. The van der Waals surface area contributed by atoms with Gasteiger partial charge in [0.1, 0.15) is 37.1 Å². The number of hydrogen-bond donors (Lipinski definition) is 3. The Hall–Kier alpha value is -6.20. The second-order valence-corrected chi connectivity index (χ2v) is 13.5. The largest absolute Gasteiger partial charge is 0.507 e. The molecule has 2 aromatic carbocycles. The normalized spacial score (nSPS) is 16.2. The first-order valence-corrected chi connectivity index (χ1v) is 18.2. The minimum Gasteiger partial charge on any atom is -0.507 e. The zero-order valence-electron chi connectivity index (χ0n) is 30.8. The molecule has 0 bridgehead atoms. The Labute approximate surface area is 327 Å². The Bertz CT molecular complexity index is 2270. The van der Waals surface area contributed by atoms with Crippen LogP contribution in [-0.4, -0.2) is 76.1 Å². The molecule has 2 unspecified atom stereocenters. The zero-order valence-corrected chi connectivity index (χ0v) is 30.8. The van der Waals surface area contributed by atoms with Crippen molar-refractivity contribution < 1.29 is 52.7 Å². The number of benzene rings is 2. The molecule has 0 radical (unpaired) electrons. The molecule has 3 aliphatic rings. The lowest BCUT2D eigenvalue weighted by molar-refractivity contribution is -0.156. The molecule has 1 saturated heterocycles. The Morgan fingerprint density at radius 1 is 1.09 bits per heavy atom. The molecule has 17 nitrogen and oxygen atoms in total. The number of carbonyl (C=O) groups excluding carboxylic acids is 4. The number of fused-ring (bicyclic) bond motifs is 5. The minimum absolute atomic E-state index is 0. The van der Waals surface area contributed by atoms with Crippen molar-refractivity contribution in [2.24, 2.45) is 5.73 Å². The highest BCUT2D eigenvalue weighted by atomic mass is 16.7. The number of aromatic nitrogens is 2. The highest BCUT2D eigenvalue weighted by Crippen LogP contribution is 2.42. The van der Waals surface area contributed by atoms with Crippen LogP contribution >= 0.6 is 0 Å². The molecule has 2 atom stereocenters. The summed E-state index contributed by atoms with van der Waals surface area (Å²) in [4.78, 5) is 69.1. The second kappa shape index (κ2) is 17.3. The highest BCUT2D eigenvalue weighted by Gasteiger charge is 2.31.